The number of allylic oxidation sites excluding steroid dienone is 5. The molecule has 0 aromatic rings. The highest BCUT2D eigenvalue weighted by molar-refractivity contribution is 5.38. The Morgan fingerprint density at radius 1 is 1.23 bits per heavy atom. The molecule has 0 aliphatic heterocycles. The van der Waals surface area contributed by atoms with Crippen molar-refractivity contribution in [3.63, 3.8) is 0 Å². The first-order valence-corrected chi connectivity index (χ1v) is 4.42. The van der Waals surface area contributed by atoms with Crippen LogP contribution in [0, 0.1) is 0 Å². The Morgan fingerprint density at radius 2 is 1.85 bits per heavy atom. The van der Waals surface area contributed by atoms with Crippen molar-refractivity contribution in [2.24, 2.45) is 0 Å². The molecular formula is C12H19N. The van der Waals surface area contributed by atoms with Gasteiger partial charge in [0, 0.05) is 6.54 Å². The standard InChI is InChI=1S/C12H19N/c1-10(2)6-7-11(3)12(4)8-9-13-5/h6-8,13H,1,3,9H2,2,4-5H3/b7-6-,12-8+. The van der Waals surface area contributed by atoms with E-state index < -0.39 is 0 Å². The Kier molecular flexibility index (Phi) is 5.90. The molecule has 0 aromatic carbocycles. The largest absolute Gasteiger partial charge is 0.316 e. The summed E-state index contributed by atoms with van der Waals surface area (Å²) in [5.74, 6) is 0. The third-order valence-electron chi connectivity index (χ3n) is 1.69. The van der Waals surface area contributed by atoms with E-state index in [4.69, 9.17) is 0 Å². The lowest BCUT2D eigenvalue weighted by molar-refractivity contribution is 0.914. The Balaban J connectivity index is 4.18. The van der Waals surface area contributed by atoms with Crippen molar-refractivity contribution in [3.05, 3.63) is 48.1 Å². The zero-order chi connectivity index (χ0) is 10.3. The maximum atomic E-state index is 3.96. The van der Waals surface area contributed by atoms with E-state index in [0.29, 0.717) is 0 Å². The average molecular weight is 177 g/mol. The number of hydrogen-bond donors (Lipinski definition) is 1. The minimum atomic E-state index is 0.881. The molecule has 1 N–H and O–H groups in total. The molecule has 0 unspecified atom stereocenters. The second kappa shape index (κ2) is 6.44. The van der Waals surface area contributed by atoms with Crippen LogP contribution in [0.2, 0.25) is 0 Å². The molecule has 72 valence electrons. The van der Waals surface area contributed by atoms with Crippen LogP contribution in [0.15, 0.2) is 48.1 Å². The highest BCUT2D eigenvalue weighted by Gasteiger charge is 1.90. The molecule has 1 heteroatoms. The molecule has 13 heavy (non-hydrogen) atoms. The van der Waals surface area contributed by atoms with Crippen LogP contribution in [0.3, 0.4) is 0 Å². The van der Waals surface area contributed by atoms with Crippen molar-refractivity contribution in [1.29, 1.82) is 0 Å². The SMILES string of the molecule is C=C(C)/C=C\C(=C)/C(C)=C/CNC. The summed E-state index contributed by atoms with van der Waals surface area (Å²) >= 11 is 0. The summed E-state index contributed by atoms with van der Waals surface area (Å²) < 4.78 is 0. The van der Waals surface area contributed by atoms with Crippen LogP contribution in [0.25, 0.3) is 0 Å². The van der Waals surface area contributed by atoms with Gasteiger partial charge < -0.3 is 5.32 Å². The number of hydrogen-bond acceptors (Lipinski definition) is 1. The molecule has 0 fully saturated rings. The van der Waals surface area contributed by atoms with E-state index in [1.807, 2.05) is 26.1 Å². The van der Waals surface area contributed by atoms with Gasteiger partial charge in [0.15, 0.2) is 0 Å². The van der Waals surface area contributed by atoms with E-state index in [1.165, 1.54) is 5.57 Å². The molecule has 0 bridgehead atoms. The molecule has 0 saturated heterocycles. The quantitative estimate of drug-likeness (QED) is 0.637. The molecule has 0 radical (unpaired) electrons. The van der Waals surface area contributed by atoms with E-state index in [2.05, 4.69) is 31.5 Å². The Bertz CT molecular complexity index is 244. The van der Waals surface area contributed by atoms with Crippen LogP contribution < -0.4 is 5.32 Å². The number of rotatable bonds is 5. The van der Waals surface area contributed by atoms with Gasteiger partial charge in [0.05, 0.1) is 0 Å². The van der Waals surface area contributed by atoms with E-state index in [9.17, 15) is 0 Å². The molecule has 0 saturated carbocycles. The lowest BCUT2D eigenvalue weighted by Crippen LogP contribution is -2.04. The summed E-state index contributed by atoms with van der Waals surface area (Å²) in [6.45, 7) is 12.7. The molecule has 0 rings (SSSR count). The highest BCUT2D eigenvalue weighted by Crippen LogP contribution is 2.08. The fourth-order valence-electron chi connectivity index (χ4n) is 0.761. The Labute approximate surface area is 81.5 Å². The highest BCUT2D eigenvalue weighted by atomic mass is 14.8. The Morgan fingerprint density at radius 3 is 2.31 bits per heavy atom. The summed E-state index contributed by atoms with van der Waals surface area (Å²) in [6, 6.07) is 0. The molecule has 0 amide bonds. The second-order valence-corrected chi connectivity index (χ2v) is 3.15. The predicted octanol–water partition coefficient (Wildman–Crippen LogP) is 2.84. The second-order valence-electron chi connectivity index (χ2n) is 3.15. The number of nitrogens with one attached hydrogen (secondary N) is 1. The summed E-state index contributed by atoms with van der Waals surface area (Å²) in [7, 11) is 1.93. The maximum Gasteiger partial charge on any atom is 0.0137 e. The fraction of sp³-hybridized carbons (Fsp3) is 0.333. The van der Waals surface area contributed by atoms with Gasteiger partial charge in [0.25, 0.3) is 0 Å². The third-order valence-corrected chi connectivity index (χ3v) is 1.69. The Hall–Kier alpha value is -1.08. The zero-order valence-electron chi connectivity index (χ0n) is 8.85. The van der Waals surface area contributed by atoms with Crippen molar-refractivity contribution in [1.82, 2.24) is 5.32 Å². The molecule has 0 aliphatic carbocycles. The monoisotopic (exact) mass is 177 g/mol. The third kappa shape index (κ3) is 6.12. The molecule has 0 aromatic heterocycles. The fourth-order valence-corrected chi connectivity index (χ4v) is 0.761. The lowest BCUT2D eigenvalue weighted by Gasteiger charge is -2.00. The molecule has 0 atom stereocenters. The zero-order valence-corrected chi connectivity index (χ0v) is 8.85. The van der Waals surface area contributed by atoms with Crippen molar-refractivity contribution >= 4 is 0 Å². The van der Waals surface area contributed by atoms with Crippen LogP contribution in [-0.4, -0.2) is 13.6 Å². The summed E-state index contributed by atoms with van der Waals surface area (Å²) in [5.41, 5.74) is 3.28. The molecular weight excluding hydrogens is 158 g/mol. The van der Waals surface area contributed by atoms with Gasteiger partial charge >= 0.3 is 0 Å². The minimum absolute atomic E-state index is 0.881. The first-order chi connectivity index (χ1) is 6.07. The van der Waals surface area contributed by atoms with Crippen LogP contribution in [0.4, 0.5) is 0 Å². The summed E-state index contributed by atoms with van der Waals surface area (Å²) in [4.78, 5) is 0. The van der Waals surface area contributed by atoms with Gasteiger partial charge in [-0.3, -0.25) is 0 Å². The van der Waals surface area contributed by atoms with Crippen LogP contribution in [0.5, 0.6) is 0 Å². The molecule has 0 aliphatic rings. The van der Waals surface area contributed by atoms with Crippen LogP contribution in [0.1, 0.15) is 13.8 Å². The topological polar surface area (TPSA) is 12.0 Å². The summed E-state index contributed by atoms with van der Waals surface area (Å²) in [6.07, 6.45) is 6.08. The van der Waals surface area contributed by atoms with Gasteiger partial charge in [-0.1, -0.05) is 37.0 Å². The van der Waals surface area contributed by atoms with Gasteiger partial charge in [-0.25, -0.2) is 0 Å². The van der Waals surface area contributed by atoms with Crippen LogP contribution >= 0.6 is 0 Å². The van der Waals surface area contributed by atoms with E-state index in [0.717, 1.165) is 17.7 Å². The molecule has 0 spiro atoms. The van der Waals surface area contributed by atoms with E-state index in [1.54, 1.807) is 0 Å². The van der Waals surface area contributed by atoms with Gasteiger partial charge in [-0.2, -0.15) is 0 Å². The van der Waals surface area contributed by atoms with Gasteiger partial charge in [-0.05, 0) is 32.0 Å². The lowest BCUT2D eigenvalue weighted by atomic mass is 10.1. The van der Waals surface area contributed by atoms with Gasteiger partial charge in [0.2, 0.25) is 0 Å². The summed E-state index contributed by atoms with van der Waals surface area (Å²) in [5, 5.41) is 3.06. The normalized spacial score (nSPS) is 12.1. The van der Waals surface area contributed by atoms with Crippen molar-refractivity contribution in [3.8, 4) is 0 Å². The first kappa shape index (κ1) is 11.9. The predicted molar refractivity (Wildman–Crippen MR) is 60.8 cm³/mol. The van der Waals surface area contributed by atoms with Crippen LogP contribution in [-0.2, 0) is 0 Å². The van der Waals surface area contributed by atoms with Gasteiger partial charge in [-0.15, -0.1) is 0 Å². The first-order valence-electron chi connectivity index (χ1n) is 4.42. The average Bonchev–Trinajstić information content (AvgIpc) is 2.10. The maximum absolute atomic E-state index is 3.96. The van der Waals surface area contributed by atoms with E-state index in [-0.39, 0.29) is 0 Å². The molecule has 1 nitrogen and oxygen atoms in total. The van der Waals surface area contributed by atoms with Crippen molar-refractivity contribution < 1.29 is 0 Å². The molecule has 0 heterocycles. The van der Waals surface area contributed by atoms with Crippen molar-refractivity contribution in [2.45, 2.75) is 13.8 Å². The number of likely N-dealkylation sites (N-methyl/N-ethyl adjacent to an activating group) is 1. The minimum Gasteiger partial charge on any atom is -0.316 e. The van der Waals surface area contributed by atoms with Crippen molar-refractivity contribution in [2.75, 3.05) is 13.6 Å². The van der Waals surface area contributed by atoms with E-state index >= 15 is 0 Å². The van der Waals surface area contributed by atoms with Gasteiger partial charge in [0.1, 0.15) is 0 Å². The smallest absolute Gasteiger partial charge is 0.0137 e.